The summed E-state index contributed by atoms with van der Waals surface area (Å²) in [6.45, 7) is 2.94. The molecule has 0 unspecified atom stereocenters. The van der Waals surface area contributed by atoms with Crippen LogP contribution in [0, 0.1) is 0 Å². The molecule has 0 radical (unpaired) electrons. The van der Waals surface area contributed by atoms with E-state index in [1.54, 1.807) is 30.5 Å². The quantitative estimate of drug-likeness (QED) is 0.674. The van der Waals surface area contributed by atoms with Gasteiger partial charge in [0.1, 0.15) is 6.54 Å². The predicted molar refractivity (Wildman–Crippen MR) is 73.0 cm³/mol. The molecule has 0 bridgehead atoms. The van der Waals surface area contributed by atoms with Crippen LogP contribution in [0.2, 0.25) is 0 Å². The highest BCUT2D eigenvalue weighted by Crippen LogP contribution is 2.12. The molecular weight excluding hydrogens is 240 g/mol. The van der Waals surface area contributed by atoms with Crippen molar-refractivity contribution in [2.75, 3.05) is 0 Å². The number of hydrogen-bond donors (Lipinski definition) is 1. The molecule has 1 aromatic heterocycles. The van der Waals surface area contributed by atoms with Crippen LogP contribution >= 0.6 is 0 Å². The molecule has 4 heteroatoms. The Kier molecular flexibility index (Phi) is 4.03. The molecule has 0 saturated heterocycles. The van der Waals surface area contributed by atoms with Crippen LogP contribution in [0.5, 0.6) is 0 Å². The van der Waals surface area contributed by atoms with E-state index in [4.69, 9.17) is 5.11 Å². The highest BCUT2D eigenvalue weighted by Gasteiger charge is 2.04. The minimum Gasteiger partial charge on any atom is -0.478 e. The van der Waals surface area contributed by atoms with Gasteiger partial charge in [-0.2, -0.15) is 4.57 Å². The van der Waals surface area contributed by atoms with Crippen molar-refractivity contribution in [3.63, 3.8) is 0 Å². The van der Waals surface area contributed by atoms with Gasteiger partial charge in [0.05, 0.1) is 17.5 Å². The first-order valence-electron chi connectivity index (χ1n) is 6.06. The van der Waals surface area contributed by atoms with Crippen LogP contribution < -0.4 is 4.57 Å². The molecule has 0 aliphatic heterocycles. The Labute approximate surface area is 111 Å². The number of carboxylic acid groups (broad SMARTS) is 1. The van der Waals surface area contributed by atoms with Crippen LogP contribution in [0.1, 0.15) is 23.0 Å². The van der Waals surface area contributed by atoms with Gasteiger partial charge in [-0.15, -0.1) is 0 Å². The molecule has 1 aromatic carbocycles. The summed E-state index contributed by atoms with van der Waals surface area (Å²) < 4.78 is 2.08. The molecule has 19 heavy (non-hydrogen) atoms. The number of pyridine rings is 1. The number of aromatic nitrogens is 1. The lowest BCUT2D eigenvalue weighted by Crippen LogP contribution is -2.36. The minimum atomic E-state index is -0.928. The minimum absolute atomic E-state index is 0.266. The lowest BCUT2D eigenvalue weighted by molar-refractivity contribution is -0.694. The molecule has 1 heterocycles. The Hall–Kier alpha value is -2.49. The fraction of sp³-hybridized carbons (Fsp3) is 0.133. The standard InChI is InChI=1S/C15H14N2O2/c1-2-17-10-4-3-5-14(17)11-16-13-8-6-12(7-9-13)15(18)19/h3-11H,2H2,1H3/p+1. The van der Waals surface area contributed by atoms with Crippen LogP contribution in [-0.4, -0.2) is 17.3 Å². The summed E-state index contributed by atoms with van der Waals surface area (Å²) in [5.74, 6) is -0.928. The van der Waals surface area contributed by atoms with Crippen molar-refractivity contribution in [1.82, 2.24) is 0 Å². The third-order valence-corrected chi connectivity index (χ3v) is 2.78. The second-order valence-electron chi connectivity index (χ2n) is 4.02. The second-order valence-corrected chi connectivity index (χ2v) is 4.02. The molecule has 2 aromatic rings. The number of hydrogen-bond acceptors (Lipinski definition) is 2. The first-order valence-corrected chi connectivity index (χ1v) is 6.06. The van der Waals surface area contributed by atoms with E-state index in [1.165, 1.54) is 0 Å². The maximum Gasteiger partial charge on any atom is 0.335 e. The zero-order chi connectivity index (χ0) is 13.7. The van der Waals surface area contributed by atoms with Crippen LogP contribution in [0.15, 0.2) is 53.7 Å². The van der Waals surface area contributed by atoms with Gasteiger partial charge in [0, 0.05) is 12.1 Å². The molecule has 0 atom stereocenters. The zero-order valence-electron chi connectivity index (χ0n) is 10.7. The number of aryl methyl sites for hydroxylation is 1. The lowest BCUT2D eigenvalue weighted by atomic mass is 10.2. The molecule has 0 aliphatic rings. The predicted octanol–water partition coefficient (Wildman–Crippen LogP) is 2.44. The van der Waals surface area contributed by atoms with Gasteiger partial charge < -0.3 is 5.11 Å². The van der Waals surface area contributed by atoms with Gasteiger partial charge in [0.2, 0.25) is 5.69 Å². The first-order chi connectivity index (χ1) is 9.20. The Morgan fingerprint density at radius 1 is 1.26 bits per heavy atom. The smallest absolute Gasteiger partial charge is 0.335 e. The number of carbonyl (C=O) groups is 1. The van der Waals surface area contributed by atoms with E-state index in [2.05, 4.69) is 16.5 Å². The van der Waals surface area contributed by atoms with Crippen molar-refractivity contribution in [3.8, 4) is 0 Å². The van der Waals surface area contributed by atoms with Gasteiger partial charge in [-0.1, -0.05) is 0 Å². The summed E-state index contributed by atoms with van der Waals surface area (Å²) in [4.78, 5) is 15.1. The van der Waals surface area contributed by atoms with E-state index in [0.717, 1.165) is 17.9 Å². The molecule has 1 N–H and O–H groups in total. The second kappa shape index (κ2) is 5.91. The first kappa shape index (κ1) is 13.0. The van der Waals surface area contributed by atoms with Gasteiger partial charge in [0.15, 0.2) is 6.20 Å². The van der Waals surface area contributed by atoms with Crippen LogP contribution in [0.4, 0.5) is 5.69 Å². The summed E-state index contributed by atoms with van der Waals surface area (Å²) in [5.41, 5.74) is 2.01. The highest BCUT2D eigenvalue weighted by atomic mass is 16.4. The maximum atomic E-state index is 10.7. The topological polar surface area (TPSA) is 53.5 Å². The normalized spacial score (nSPS) is 10.8. The average Bonchev–Trinajstić information content (AvgIpc) is 2.45. The van der Waals surface area contributed by atoms with Crippen molar-refractivity contribution in [3.05, 3.63) is 59.9 Å². The summed E-state index contributed by atoms with van der Waals surface area (Å²) in [6.07, 6.45) is 3.77. The van der Waals surface area contributed by atoms with Gasteiger partial charge in [-0.3, -0.25) is 0 Å². The van der Waals surface area contributed by atoms with Gasteiger partial charge in [-0.25, -0.2) is 9.79 Å². The monoisotopic (exact) mass is 255 g/mol. The van der Waals surface area contributed by atoms with E-state index in [1.807, 2.05) is 24.4 Å². The number of benzene rings is 1. The SMILES string of the molecule is CC[n+]1ccccc1C=Nc1ccc(C(=O)O)cc1. The van der Waals surface area contributed by atoms with Crippen molar-refractivity contribution in [1.29, 1.82) is 0 Å². The summed E-state index contributed by atoms with van der Waals surface area (Å²) >= 11 is 0. The summed E-state index contributed by atoms with van der Waals surface area (Å²) in [7, 11) is 0. The van der Waals surface area contributed by atoms with E-state index in [9.17, 15) is 4.79 Å². The van der Waals surface area contributed by atoms with E-state index in [0.29, 0.717) is 0 Å². The molecule has 4 nitrogen and oxygen atoms in total. The molecule has 0 saturated carbocycles. The molecule has 96 valence electrons. The third kappa shape index (κ3) is 3.25. The van der Waals surface area contributed by atoms with E-state index < -0.39 is 5.97 Å². The Morgan fingerprint density at radius 3 is 2.63 bits per heavy atom. The Balaban J connectivity index is 2.20. The lowest BCUT2D eigenvalue weighted by Gasteiger charge is -1.97. The van der Waals surface area contributed by atoms with Gasteiger partial charge in [-0.05, 0) is 37.3 Å². The summed E-state index contributed by atoms with van der Waals surface area (Å²) in [5, 5.41) is 8.81. The largest absolute Gasteiger partial charge is 0.478 e. The highest BCUT2D eigenvalue weighted by molar-refractivity contribution is 5.88. The number of carboxylic acids is 1. The van der Waals surface area contributed by atoms with Gasteiger partial charge >= 0.3 is 5.97 Å². The molecule has 2 rings (SSSR count). The Bertz CT molecular complexity index is 604. The third-order valence-electron chi connectivity index (χ3n) is 2.78. The summed E-state index contributed by atoms with van der Waals surface area (Å²) in [6, 6.07) is 12.4. The van der Waals surface area contributed by atoms with Crippen LogP contribution in [-0.2, 0) is 6.54 Å². The zero-order valence-corrected chi connectivity index (χ0v) is 10.7. The van der Waals surface area contributed by atoms with Gasteiger partial charge in [0.25, 0.3) is 0 Å². The molecule has 0 aliphatic carbocycles. The molecular formula is C15H15N2O2+. The van der Waals surface area contributed by atoms with Crippen molar-refractivity contribution in [2.45, 2.75) is 13.5 Å². The number of nitrogens with zero attached hydrogens (tertiary/aromatic N) is 2. The molecule has 0 spiro atoms. The fourth-order valence-electron chi connectivity index (χ4n) is 1.73. The Morgan fingerprint density at radius 2 is 2.00 bits per heavy atom. The van der Waals surface area contributed by atoms with Crippen molar-refractivity contribution in [2.24, 2.45) is 4.99 Å². The van der Waals surface area contributed by atoms with Crippen LogP contribution in [0.25, 0.3) is 0 Å². The number of aliphatic imine (C=N–C) groups is 1. The molecule has 0 fully saturated rings. The average molecular weight is 255 g/mol. The van der Waals surface area contributed by atoms with Crippen molar-refractivity contribution < 1.29 is 14.5 Å². The maximum absolute atomic E-state index is 10.7. The number of aromatic carboxylic acids is 1. The van der Waals surface area contributed by atoms with E-state index in [-0.39, 0.29) is 5.56 Å². The fourth-order valence-corrected chi connectivity index (χ4v) is 1.73. The molecule has 0 amide bonds. The van der Waals surface area contributed by atoms with Crippen LogP contribution in [0.3, 0.4) is 0 Å². The number of rotatable bonds is 4. The van der Waals surface area contributed by atoms with E-state index >= 15 is 0 Å². The van der Waals surface area contributed by atoms with Crippen molar-refractivity contribution >= 4 is 17.9 Å².